The standard InChI is InChI=1S/C18H31N3O4S/c1-6-21(7-2)12-8-9-14(3)20-26(23,24)16-10-11-18(25-5)17(13-16)19-15(4)22/h10-11,13-14,20H,6-9,12H2,1-5H3,(H,19,22)/p+1/t14-/m1/s1. The van der Waals surface area contributed by atoms with E-state index in [1.165, 1.54) is 37.1 Å². The second kappa shape index (κ2) is 10.5. The van der Waals surface area contributed by atoms with Crippen LogP contribution in [-0.2, 0) is 14.8 Å². The minimum atomic E-state index is -3.67. The van der Waals surface area contributed by atoms with Crippen LogP contribution in [0.1, 0.15) is 40.5 Å². The van der Waals surface area contributed by atoms with E-state index in [0.717, 1.165) is 32.5 Å². The molecule has 0 aromatic heterocycles. The number of carbonyl (C=O) groups excluding carboxylic acids is 1. The van der Waals surface area contributed by atoms with Crippen molar-refractivity contribution < 1.29 is 22.8 Å². The van der Waals surface area contributed by atoms with Crippen molar-refractivity contribution in [1.82, 2.24) is 4.72 Å². The predicted octanol–water partition coefficient (Wildman–Crippen LogP) is 1.03. The van der Waals surface area contributed by atoms with Crippen LogP contribution < -0.4 is 19.7 Å². The molecule has 0 spiro atoms. The minimum Gasteiger partial charge on any atom is -0.495 e. The van der Waals surface area contributed by atoms with Gasteiger partial charge in [-0.05, 0) is 51.8 Å². The maximum absolute atomic E-state index is 12.6. The molecular formula is C18H32N3O4S+. The largest absolute Gasteiger partial charge is 0.495 e. The third-order valence-electron chi connectivity index (χ3n) is 4.32. The van der Waals surface area contributed by atoms with Crippen molar-refractivity contribution in [3.63, 3.8) is 0 Å². The summed E-state index contributed by atoms with van der Waals surface area (Å²) in [6.45, 7) is 10.7. The summed E-state index contributed by atoms with van der Waals surface area (Å²) in [5, 5.41) is 2.59. The lowest BCUT2D eigenvalue weighted by atomic mass is 10.2. The van der Waals surface area contributed by atoms with Gasteiger partial charge in [-0.25, -0.2) is 13.1 Å². The number of benzene rings is 1. The highest BCUT2D eigenvalue weighted by Crippen LogP contribution is 2.27. The van der Waals surface area contributed by atoms with Crippen LogP contribution in [-0.4, -0.2) is 47.1 Å². The van der Waals surface area contributed by atoms with E-state index in [4.69, 9.17) is 4.74 Å². The molecule has 0 bridgehead atoms. The van der Waals surface area contributed by atoms with E-state index in [-0.39, 0.29) is 16.8 Å². The van der Waals surface area contributed by atoms with Crippen molar-refractivity contribution >= 4 is 21.6 Å². The number of carbonyl (C=O) groups is 1. The van der Waals surface area contributed by atoms with E-state index in [9.17, 15) is 13.2 Å². The van der Waals surface area contributed by atoms with Gasteiger partial charge in [0.2, 0.25) is 15.9 Å². The summed E-state index contributed by atoms with van der Waals surface area (Å²) in [6, 6.07) is 4.25. The molecule has 26 heavy (non-hydrogen) atoms. The number of sulfonamides is 1. The number of hydrogen-bond acceptors (Lipinski definition) is 4. The van der Waals surface area contributed by atoms with Gasteiger partial charge < -0.3 is 15.0 Å². The zero-order valence-electron chi connectivity index (χ0n) is 16.4. The van der Waals surface area contributed by atoms with Crippen molar-refractivity contribution in [3.05, 3.63) is 18.2 Å². The van der Waals surface area contributed by atoms with Gasteiger partial charge in [-0.3, -0.25) is 4.79 Å². The second-order valence-electron chi connectivity index (χ2n) is 6.41. The summed E-state index contributed by atoms with van der Waals surface area (Å²) in [5.74, 6) is 0.118. The Bertz CT molecular complexity index is 688. The summed E-state index contributed by atoms with van der Waals surface area (Å²) in [7, 11) is -2.20. The molecule has 1 aromatic rings. The van der Waals surface area contributed by atoms with Crippen LogP contribution in [0.4, 0.5) is 5.69 Å². The zero-order chi connectivity index (χ0) is 19.7. The molecule has 3 N–H and O–H groups in total. The van der Waals surface area contributed by atoms with E-state index in [1.54, 1.807) is 0 Å². The quantitative estimate of drug-likeness (QED) is 0.530. The van der Waals surface area contributed by atoms with Crippen molar-refractivity contribution in [2.24, 2.45) is 0 Å². The van der Waals surface area contributed by atoms with E-state index in [2.05, 4.69) is 23.9 Å². The zero-order valence-corrected chi connectivity index (χ0v) is 17.2. The summed E-state index contributed by atoms with van der Waals surface area (Å²) in [5.41, 5.74) is 0.334. The number of quaternary nitrogens is 1. The van der Waals surface area contributed by atoms with Crippen molar-refractivity contribution in [2.45, 2.75) is 51.5 Å². The van der Waals surface area contributed by atoms with E-state index in [1.807, 2.05) is 6.92 Å². The molecule has 7 nitrogen and oxygen atoms in total. The lowest BCUT2D eigenvalue weighted by Gasteiger charge is -2.18. The first-order valence-corrected chi connectivity index (χ1v) is 10.5. The molecule has 0 aliphatic heterocycles. The Morgan fingerprint density at radius 2 is 1.92 bits per heavy atom. The molecule has 0 fully saturated rings. The lowest BCUT2D eigenvalue weighted by molar-refractivity contribution is -0.896. The Hall–Kier alpha value is -1.64. The van der Waals surface area contributed by atoms with Gasteiger partial charge in [0.1, 0.15) is 5.75 Å². The summed E-state index contributed by atoms with van der Waals surface area (Å²) in [4.78, 5) is 12.9. The van der Waals surface area contributed by atoms with Crippen LogP contribution in [0.5, 0.6) is 5.75 Å². The Balaban J connectivity index is 2.79. The molecule has 1 aromatic carbocycles. The molecule has 0 aliphatic carbocycles. The normalized spacial score (nSPS) is 12.8. The Morgan fingerprint density at radius 3 is 2.46 bits per heavy atom. The highest BCUT2D eigenvalue weighted by molar-refractivity contribution is 7.89. The number of nitrogens with one attached hydrogen (secondary N) is 3. The number of hydrogen-bond donors (Lipinski definition) is 3. The van der Waals surface area contributed by atoms with Gasteiger partial charge in [0.05, 0.1) is 37.3 Å². The smallest absolute Gasteiger partial charge is 0.240 e. The number of anilines is 1. The molecule has 0 saturated heterocycles. The van der Waals surface area contributed by atoms with Gasteiger partial charge >= 0.3 is 0 Å². The van der Waals surface area contributed by atoms with Crippen LogP contribution in [0.2, 0.25) is 0 Å². The van der Waals surface area contributed by atoms with Gasteiger partial charge in [0.15, 0.2) is 0 Å². The molecule has 0 saturated carbocycles. The van der Waals surface area contributed by atoms with Gasteiger partial charge in [-0.1, -0.05) is 0 Å². The highest BCUT2D eigenvalue weighted by atomic mass is 32.2. The Labute approximate surface area is 157 Å². The Morgan fingerprint density at radius 1 is 1.27 bits per heavy atom. The SMILES string of the molecule is CC[NH+](CC)CCC[C@@H](C)NS(=O)(=O)c1ccc(OC)c(NC(C)=O)c1. The van der Waals surface area contributed by atoms with Crippen molar-refractivity contribution in [2.75, 3.05) is 32.1 Å². The molecule has 0 radical (unpaired) electrons. The molecule has 0 aliphatic rings. The average molecular weight is 387 g/mol. The third-order valence-corrected chi connectivity index (χ3v) is 5.90. The molecule has 1 amide bonds. The topological polar surface area (TPSA) is 88.9 Å². The van der Waals surface area contributed by atoms with Crippen LogP contribution in [0.3, 0.4) is 0 Å². The van der Waals surface area contributed by atoms with Gasteiger partial charge in [-0.15, -0.1) is 0 Å². The first-order valence-electron chi connectivity index (χ1n) is 9.05. The Kier molecular flexibility index (Phi) is 9.04. The van der Waals surface area contributed by atoms with E-state index >= 15 is 0 Å². The molecule has 1 atom stereocenters. The number of rotatable bonds is 11. The first kappa shape index (κ1) is 22.4. The lowest BCUT2D eigenvalue weighted by Crippen LogP contribution is -3.11. The van der Waals surface area contributed by atoms with Gasteiger partial charge in [0.25, 0.3) is 0 Å². The molecular weight excluding hydrogens is 354 g/mol. The molecule has 8 heteroatoms. The average Bonchev–Trinajstić information content (AvgIpc) is 2.57. The maximum Gasteiger partial charge on any atom is 0.240 e. The number of ether oxygens (including phenoxy) is 1. The van der Waals surface area contributed by atoms with E-state index in [0.29, 0.717) is 11.4 Å². The summed E-state index contributed by atoms with van der Waals surface area (Å²) in [6.07, 6.45) is 1.73. The molecule has 1 rings (SSSR count). The minimum absolute atomic E-state index is 0.100. The fourth-order valence-electron chi connectivity index (χ4n) is 2.80. The second-order valence-corrected chi connectivity index (χ2v) is 8.13. The molecule has 0 heterocycles. The van der Waals surface area contributed by atoms with Crippen molar-refractivity contribution in [3.8, 4) is 5.75 Å². The van der Waals surface area contributed by atoms with Crippen LogP contribution in [0, 0.1) is 0 Å². The fourth-order valence-corrected chi connectivity index (χ4v) is 4.10. The van der Waals surface area contributed by atoms with Crippen molar-refractivity contribution in [1.29, 1.82) is 0 Å². The third kappa shape index (κ3) is 6.93. The van der Waals surface area contributed by atoms with Crippen LogP contribution in [0.25, 0.3) is 0 Å². The predicted molar refractivity (Wildman–Crippen MR) is 103 cm³/mol. The van der Waals surface area contributed by atoms with E-state index < -0.39 is 10.0 Å². The maximum atomic E-state index is 12.6. The summed E-state index contributed by atoms with van der Waals surface area (Å²) < 4.78 is 33.1. The highest BCUT2D eigenvalue weighted by Gasteiger charge is 2.20. The van der Waals surface area contributed by atoms with Crippen LogP contribution >= 0.6 is 0 Å². The van der Waals surface area contributed by atoms with Crippen LogP contribution in [0.15, 0.2) is 23.1 Å². The molecule has 148 valence electrons. The van der Waals surface area contributed by atoms with Gasteiger partial charge in [0, 0.05) is 13.0 Å². The summed E-state index contributed by atoms with van der Waals surface area (Å²) >= 11 is 0. The number of amides is 1. The van der Waals surface area contributed by atoms with Gasteiger partial charge in [-0.2, -0.15) is 0 Å². The fraction of sp³-hybridized carbons (Fsp3) is 0.611. The number of methoxy groups -OCH3 is 1. The molecule has 0 unspecified atom stereocenters. The first-order chi connectivity index (χ1) is 12.2. The monoisotopic (exact) mass is 386 g/mol.